The molecule has 0 radical (unpaired) electrons. The highest BCUT2D eigenvalue weighted by atomic mass is 32.1. The second-order valence-electron chi connectivity index (χ2n) is 6.02. The molecule has 1 aromatic heterocycles. The van der Waals surface area contributed by atoms with Crippen molar-refractivity contribution in [3.05, 3.63) is 83.7 Å². The van der Waals surface area contributed by atoms with Gasteiger partial charge >= 0.3 is 0 Å². The van der Waals surface area contributed by atoms with Crippen molar-refractivity contribution in [2.45, 2.75) is 20.0 Å². The Labute approximate surface area is 154 Å². The Morgan fingerprint density at radius 3 is 1.96 bits per heavy atom. The van der Waals surface area contributed by atoms with Crippen LogP contribution >= 0.6 is 12.2 Å². The molecule has 0 saturated carbocycles. The van der Waals surface area contributed by atoms with E-state index in [4.69, 9.17) is 12.2 Å². The number of aromatic nitrogens is 2. The molecule has 4 nitrogen and oxygen atoms in total. The Morgan fingerprint density at radius 2 is 1.52 bits per heavy atom. The van der Waals surface area contributed by atoms with Gasteiger partial charge in [0.25, 0.3) is 0 Å². The Morgan fingerprint density at radius 1 is 1.00 bits per heavy atom. The van der Waals surface area contributed by atoms with E-state index >= 15 is 0 Å². The smallest absolute Gasteiger partial charge is 0.174 e. The van der Waals surface area contributed by atoms with Crippen LogP contribution in [0.3, 0.4) is 0 Å². The molecule has 0 unspecified atom stereocenters. The van der Waals surface area contributed by atoms with Gasteiger partial charge in [-0.3, -0.25) is 4.68 Å². The highest BCUT2D eigenvalue weighted by Gasteiger charge is 2.13. The summed E-state index contributed by atoms with van der Waals surface area (Å²) in [7, 11) is 1.93. The third-order valence-corrected chi connectivity index (χ3v) is 4.56. The van der Waals surface area contributed by atoms with Gasteiger partial charge in [0, 0.05) is 20.1 Å². The maximum atomic E-state index is 5.70. The van der Waals surface area contributed by atoms with Crippen LogP contribution in [0.4, 0.5) is 5.69 Å². The second-order valence-corrected chi connectivity index (χ2v) is 6.41. The molecular weight excluding hydrogens is 328 g/mol. The summed E-state index contributed by atoms with van der Waals surface area (Å²) in [6, 6.07) is 20.8. The highest BCUT2D eigenvalue weighted by Crippen LogP contribution is 2.16. The second kappa shape index (κ2) is 7.94. The fraction of sp³-hybridized carbons (Fsp3) is 0.200. The van der Waals surface area contributed by atoms with Gasteiger partial charge < -0.3 is 10.2 Å². The summed E-state index contributed by atoms with van der Waals surface area (Å²) < 4.78 is 1.84. The number of rotatable bonds is 5. The molecule has 3 rings (SSSR count). The summed E-state index contributed by atoms with van der Waals surface area (Å²) in [6.07, 6.45) is 1.81. The first-order valence-electron chi connectivity index (χ1n) is 8.26. The summed E-state index contributed by atoms with van der Waals surface area (Å²) in [5.74, 6) is 0. The number of hydrogen-bond donors (Lipinski definition) is 1. The Kier molecular flexibility index (Phi) is 5.46. The van der Waals surface area contributed by atoms with E-state index in [2.05, 4.69) is 63.8 Å². The summed E-state index contributed by atoms with van der Waals surface area (Å²) in [5, 5.41) is 8.32. The van der Waals surface area contributed by atoms with Gasteiger partial charge in [-0.15, -0.1) is 0 Å². The van der Waals surface area contributed by atoms with Crippen molar-refractivity contribution in [1.29, 1.82) is 0 Å². The van der Waals surface area contributed by atoms with E-state index in [1.165, 1.54) is 11.1 Å². The molecule has 128 valence electrons. The molecule has 0 aliphatic heterocycles. The van der Waals surface area contributed by atoms with Gasteiger partial charge in [-0.25, -0.2) is 0 Å². The first-order chi connectivity index (χ1) is 12.1. The van der Waals surface area contributed by atoms with Crippen molar-refractivity contribution in [3.8, 4) is 0 Å². The molecule has 2 aromatic carbocycles. The fourth-order valence-electron chi connectivity index (χ4n) is 2.62. The Bertz CT molecular complexity index is 786. The van der Waals surface area contributed by atoms with Gasteiger partial charge in [-0.2, -0.15) is 5.10 Å². The van der Waals surface area contributed by atoms with Crippen LogP contribution in [-0.2, 0) is 20.1 Å². The molecule has 5 heteroatoms. The van der Waals surface area contributed by atoms with Crippen LogP contribution in [0.5, 0.6) is 0 Å². The first-order valence-corrected chi connectivity index (χ1v) is 8.66. The van der Waals surface area contributed by atoms with Crippen LogP contribution in [0.25, 0.3) is 0 Å². The predicted molar refractivity (Wildman–Crippen MR) is 106 cm³/mol. The first kappa shape index (κ1) is 17.2. The average Bonchev–Trinajstić information content (AvgIpc) is 2.95. The minimum atomic E-state index is 0.698. The van der Waals surface area contributed by atoms with Crippen LogP contribution in [-0.4, -0.2) is 19.8 Å². The summed E-state index contributed by atoms with van der Waals surface area (Å²) in [5.41, 5.74) is 4.45. The number of aryl methyl sites for hydroxylation is 1. The third kappa shape index (κ3) is 4.45. The van der Waals surface area contributed by atoms with Crippen molar-refractivity contribution >= 4 is 23.0 Å². The lowest BCUT2D eigenvalue weighted by molar-refractivity contribution is 0.413. The number of thiocarbonyl (C=S) groups is 1. The van der Waals surface area contributed by atoms with Gasteiger partial charge in [0.15, 0.2) is 5.11 Å². The third-order valence-electron chi connectivity index (χ3n) is 4.20. The normalized spacial score (nSPS) is 10.5. The van der Waals surface area contributed by atoms with Crippen molar-refractivity contribution in [3.63, 3.8) is 0 Å². The minimum absolute atomic E-state index is 0.698. The lowest BCUT2D eigenvalue weighted by Crippen LogP contribution is -2.34. The van der Waals surface area contributed by atoms with E-state index in [1.54, 1.807) is 0 Å². The molecule has 0 aliphatic carbocycles. The fourth-order valence-corrected chi connectivity index (χ4v) is 2.86. The number of nitrogens with zero attached hydrogens (tertiary/aromatic N) is 3. The molecule has 0 atom stereocenters. The molecule has 0 bridgehead atoms. The van der Waals surface area contributed by atoms with Crippen LogP contribution < -0.4 is 5.32 Å². The van der Waals surface area contributed by atoms with Gasteiger partial charge in [-0.1, -0.05) is 60.7 Å². The van der Waals surface area contributed by atoms with Crippen LogP contribution in [0, 0.1) is 6.92 Å². The standard InChI is InChI=1S/C20H22N4S/c1-16-19(13-21-23(16)2)22-20(25)24(14-17-9-5-3-6-10-17)15-18-11-7-4-8-12-18/h3-13H,14-15H2,1-2H3,(H,22,25). The lowest BCUT2D eigenvalue weighted by Gasteiger charge is -2.26. The summed E-state index contributed by atoms with van der Waals surface area (Å²) in [6.45, 7) is 3.53. The molecule has 0 aliphatic rings. The number of benzene rings is 2. The minimum Gasteiger partial charge on any atom is -0.340 e. The zero-order valence-electron chi connectivity index (χ0n) is 14.5. The summed E-state index contributed by atoms with van der Waals surface area (Å²) >= 11 is 5.70. The Balaban J connectivity index is 1.79. The molecule has 0 spiro atoms. The number of nitrogens with one attached hydrogen (secondary N) is 1. The topological polar surface area (TPSA) is 33.1 Å². The van der Waals surface area contributed by atoms with Crippen LogP contribution in [0.1, 0.15) is 16.8 Å². The molecule has 1 heterocycles. The lowest BCUT2D eigenvalue weighted by atomic mass is 10.2. The average molecular weight is 350 g/mol. The predicted octanol–water partition coefficient (Wildman–Crippen LogP) is 4.13. The maximum Gasteiger partial charge on any atom is 0.174 e. The monoisotopic (exact) mass is 350 g/mol. The van der Waals surface area contributed by atoms with Gasteiger partial charge in [-0.05, 0) is 30.3 Å². The quantitative estimate of drug-likeness (QED) is 0.702. The molecular formula is C20H22N4S. The molecule has 0 amide bonds. The summed E-state index contributed by atoms with van der Waals surface area (Å²) in [4.78, 5) is 2.17. The van der Waals surface area contributed by atoms with E-state index in [0.717, 1.165) is 24.5 Å². The molecule has 0 saturated heterocycles. The highest BCUT2D eigenvalue weighted by molar-refractivity contribution is 7.80. The van der Waals surface area contributed by atoms with Gasteiger partial charge in [0.05, 0.1) is 17.6 Å². The zero-order chi connectivity index (χ0) is 17.6. The van der Waals surface area contributed by atoms with Crippen molar-refractivity contribution in [1.82, 2.24) is 14.7 Å². The van der Waals surface area contributed by atoms with E-state index in [0.29, 0.717) is 5.11 Å². The number of hydrogen-bond acceptors (Lipinski definition) is 2. The molecule has 1 N–H and O–H groups in total. The van der Waals surface area contributed by atoms with Crippen molar-refractivity contribution in [2.24, 2.45) is 7.05 Å². The maximum absolute atomic E-state index is 5.70. The SMILES string of the molecule is Cc1c(NC(=S)N(Cc2ccccc2)Cc2ccccc2)cnn1C. The molecule has 3 aromatic rings. The Hall–Kier alpha value is -2.66. The zero-order valence-corrected chi connectivity index (χ0v) is 15.3. The molecule has 0 fully saturated rings. The van der Waals surface area contributed by atoms with E-state index in [1.807, 2.05) is 37.0 Å². The van der Waals surface area contributed by atoms with Crippen LogP contribution in [0.2, 0.25) is 0 Å². The van der Waals surface area contributed by atoms with Crippen LogP contribution in [0.15, 0.2) is 66.9 Å². The van der Waals surface area contributed by atoms with E-state index < -0.39 is 0 Å². The van der Waals surface area contributed by atoms with Gasteiger partial charge in [0.1, 0.15) is 0 Å². The largest absolute Gasteiger partial charge is 0.340 e. The van der Waals surface area contributed by atoms with Gasteiger partial charge in [0.2, 0.25) is 0 Å². The molecule has 25 heavy (non-hydrogen) atoms. The number of anilines is 1. The van der Waals surface area contributed by atoms with Crippen molar-refractivity contribution < 1.29 is 0 Å². The van der Waals surface area contributed by atoms with E-state index in [-0.39, 0.29) is 0 Å². The van der Waals surface area contributed by atoms with Crippen molar-refractivity contribution in [2.75, 3.05) is 5.32 Å². The van der Waals surface area contributed by atoms with E-state index in [9.17, 15) is 0 Å².